The molecule has 2 heteroatoms. The van der Waals surface area contributed by atoms with Crippen molar-refractivity contribution in [3.8, 4) is 0 Å². The highest BCUT2D eigenvalue weighted by molar-refractivity contribution is 4.89. The molecule has 0 spiro atoms. The van der Waals surface area contributed by atoms with Crippen LogP contribution in [-0.4, -0.2) is 4.57 Å². The summed E-state index contributed by atoms with van der Waals surface area (Å²) in [7, 11) is 0. The van der Waals surface area contributed by atoms with E-state index in [0.29, 0.717) is 5.92 Å². The summed E-state index contributed by atoms with van der Waals surface area (Å²) in [4.78, 5) is 0. The lowest BCUT2D eigenvalue weighted by molar-refractivity contribution is -0.705. The average Bonchev–Trinajstić information content (AvgIpc) is 3.09. The maximum Gasteiger partial charge on any atom is 0.258 e. The van der Waals surface area contributed by atoms with E-state index in [1.165, 1.54) is 122 Å². The molecule has 0 atom stereocenters. The van der Waals surface area contributed by atoms with Crippen molar-refractivity contribution in [1.29, 1.82) is 0 Å². The molecule has 28 heavy (non-hydrogen) atoms. The first kappa shape index (κ1) is 25.2. The second-order valence-electron chi connectivity index (χ2n) is 9.15. The number of hydrogen-bond donors (Lipinski definition) is 0. The van der Waals surface area contributed by atoms with E-state index in [2.05, 4.69) is 49.2 Å². The molecule has 164 valence electrons. The normalized spacial score (nSPS) is 11.6. The van der Waals surface area contributed by atoms with Gasteiger partial charge in [-0.05, 0) is 19.3 Å². The number of aromatic nitrogens is 2. The number of nitrogens with zero attached hydrogens (tertiary/aromatic N) is 2. The van der Waals surface area contributed by atoms with Gasteiger partial charge in [0.1, 0.15) is 12.4 Å². The molecule has 1 rings (SSSR count). The molecule has 1 heterocycles. The quantitative estimate of drug-likeness (QED) is 0.166. The Labute approximate surface area is 177 Å². The van der Waals surface area contributed by atoms with Crippen LogP contribution in [0.5, 0.6) is 0 Å². The fraction of sp³-hybridized carbons (Fsp3) is 0.885. The number of imidazole rings is 1. The third-order valence-corrected chi connectivity index (χ3v) is 6.04. The Morgan fingerprint density at radius 2 is 1.14 bits per heavy atom. The zero-order valence-corrected chi connectivity index (χ0v) is 19.9. The Morgan fingerprint density at radius 3 is 1.61 bits per heavy atom. The lowest BCUT2D eigenvalue weighted by Crippen LogP contribution is -2.38. The molecule has 0 bridgehead atoms. The number of unbranched alkanes of at least 4 members (excludes halogenated alkanes) is 14. The van der Waals surface area contributed by atoms with Gasteiger partial charge < -0.3 is 0 Å². The fourth-order valence-electron chi connectivity index (χ4n) is 4.33. The van der Waals surface area contributed by atoms with Gasteiger partial charge in [-0.15, -0.1) is 0 Å². The highest BCUT2D eigenvalue weighted by atomic mass is 15.1. The lowest BCUT2D eigenvalue weighted by atomic mass is 10.0. The van der Waals surface area contributed by atoms with Crippen LogP contribution in [0.1, 0.15) is 142 Å². The largest absolute Gasteiger partial charge is 0.258 e. The molecule has 0 N–H and O–H groups in total. The van der Waals surface area contributed by atoms with Crippen LogP contribution < -0.4 is 4.57 Å². The molecular weight excluding hydrogens is 340 g/mol. The summed E-state index contributed by atoms with van der Waals surface area (Å²) in [5.74, 6) is 2.13. The smallest absolute Gasteiger partial charge is 0.234 e. The van der Waals surface area contributed by atoms with Gasteiger partial charge in [0.15, 0.2) is 0 Å². The zero-order chi connectivity index (χ0) is 20.5. The summed E-state index contributed by atoms with van der Waals surface area (Å²) in [5, 5.41) is 0. The molecule has 0 aliphatic heterocycles. The average molecular weight is 392 g/mol. The van der Waals surface area contributed by atoms with Gasteiger partial charge in [-0.2, -0.15) is 0 Å². The van der Waals surface area contributed by atoms with Gasteiger partial charge in [-0.25, -0.2) is 9.13 Å². The van der Waals surface area contributed by atoms with Crippen LogP contribution in [0.25, 0.3) is 0 Å². The third-order valence-electron chi connectivity index (χ3n) is 6.04. The van der Waals surface area contributed by atoms with Crippen molar-refractivity contribution in [2.45, 2.75) is 149 Å². The second-order valence-corrected chi connectivity index (χ2v) is 9.15. The monoisotopic (exact) mass is 391 g/mol. The molecule has 0 radical (unpaired) electrons. The minimum absolute atomic E-state index is 0.610. The second kappa shape index (κ2) is 17.1. The molecule has 0 fully saturated rings. The van der Waals surface area contributed by atoms with Gasteiger partial charge in [0.25, 0.3) is 5.82 Å². The van der Waals surface area contributed by atoms with Gasteiger partial charge in [0.05, 0.1) is 19.0 Å². The third kappa shape index (κ3) is 11.3. The number of aryl methyl sites for hydroxylation is 2. The Morgan fingerprint density at radius 1 is 0.679 bits per heavy atom. The SMILES string of the molecule is CCCCCCCCCCCCCCCC[n+]1ccn(CCCC)c1C(C)C. The van der Waals surface area contributed by atoms with Gasteiger partial charge in [0, 0.05) is 0 Å². The topological polar surface area (TPSA) is 8.81 Å². The molecule has 2 nitrogen and oxygen atoms in total. The number of rotatable bonds is 19. The summed E-state index contributed by atoms with van der Waals surface area (Å²) in [6.45, 7) is 11.6. The van der Waals surface area contributed by atoms with Crippen molar-refractivity contribution in [3.63, 3.8) is 0 Å². The van der Waals surface area contributed by atoms with E-state index in [-0.39, 0.29) is 0 Å². The van der Waals surface area contributed by atoms with E-state index in [1.54, 1.807) is 0 Å². The molecule has 0 amide bonds. The lowest BCUT2D eigenvalue weighted by Gasteiger charge is -2.08. The molecule has 0 aliphatic carbocycles. The first-order chi connectivity index (χ1) is 13.7. The van der Waals surface area contributed by atoms with E-state index in [4.69, 9.17) is 0 Å². The molecule has 0 unspecified atom stereocenters. The van der Waals surface area contributed by atoms with Crippen LogP contribution >= 0.6 is 0 Å². The van der Waals surface area contributed by atoms with Gasteiger partial charge >= 0.3 is 0 Å². The molecule has 0 saturated carbocycles. The highest BCUT2D eigenvalue weighted by Gasteiger charge is 2.19. The summed E-state index contributed by atoms with van der Waals surface area (Å²) >= 11 is 0. The fourth-order valence-corrected chi connectivity index (χ4v) is 4.33. The predicted octanol–water partition coefficient (Wildman–Crippen LogP) is 8.18. The maximum atomic E-state index is 2.51. The summed E-state index contributed by atoms with van der Waals surface area (Å²) in [5.41, 5.74) is 0. The summed E-state index contributed by atoms with van der Waals surface area (Å²) < 4.78 is 5.00. The van der Waals surface area contributed by atoms with Crippen LogP contribution in [0.2, 0.25) is 0 Å². The zero-order valence-electron chi connectivity index (χ0n) is 19.9. The first-order valence-corrected chi connectivity index (χ1v) is 12.8. The van der Waals surface area contributed by atoms with E-state index in [1.807, 2.05) is 0 Å². The maximum absolute atomic E-state index is 2.51. The van der Waals surface area contributed by atoms with Crippen LogP contribution in [-0.2, 0) is 13.1 Å². The van der Waals surface area contributed by atoms with E-state index < -0.39 is 0 Å². The van der Waals surface area contributed by atoms with Gasteiger partial charge in [-0.1, -0.05) is 111 Å². The van der Waals surface area contributed by atoms with E-state index in [0.717, 1.165) is 0 Å². The molecule has 0 saturated heterocycles. The first-order valence-electron chi connectivity index (χ1n) is 12.8. The molecule has 1 aromatic heterocycles. The Hall–Kier alpha value is -0.790. The molecular formula is C26H51N2+. The van der Waals surface area contributed by atoms with Crippen molar-refractivity contribution in [2.24, 2.45) is 0 Å². The van der Waals surface area contributed by atoms with E-state index in [9.17, 15) is 0 Å². The Kier molecular flexibility index (Phi) is 15.4. The Bertz CT molecular complexity index is 461. The van der Waals surface area contributed by atoms with Crippen molar-refractivity contribution in [1.82, 2.24) is 4.57 Å². The van der Waals surface area contributed by atoms with Crippen LogP contribution in [0.4, 0.5) is 0 Å². The molecule has 1 aromatic rings. The predicted molar refractivity (Wildman–Crippen MR) is 124 cm³/mol. The number of hydrogen-bond acceptors (Lipinski definition) is 0. The highest BCUT2D eigenvalue weighted by Crippen LogP contribution is 2.14. The van der Waals surface area contributed by atoms with Crippen molar-refractivity contribution >= 4 is 0 Å². The van der Waals surface area contributed by atoms with Crippen molar-refractivity contribution in [3.05, 3.63) is 18.2 Å². The minimum Gasteiger partial charge on any atom is -0.234 e. The van der Waals surface area contributed by atoms with Crippen LogP contribution in [0.15, 0.2) is 12.4 Å². The van der Waals surface area contributed by atoms with Crippen molar-refractivity contribution < 1.29 is 4.57 Å². The van der Waals surface area contributed by atoms with Gasteiger partial charge in [-0.3, -0.25) is 0 Å². The van der Waals surface area contributed by atoms with E-state index >= 15 is 0 Å². The van der Waals surface area contributed by atoms with Crippen LogP contribution in [0.3, 0.4) is 0 Å². The molecule has 0 aliphatic rings. The molecule has 0 aromatic carbocycles. The summed E-state index contributed by atoms with van der Waals surface area (Å²) in [6, 6.07) is 0. The Balaban J connectivity index is 2.02. The summed E-state index contributed by atoms with van der Waals surface area (Å²) in [6.07, 6.45) is 27.3. The van der Waals surface area contributed by atoms with Crippen LogP contribution in [0, 0.1) is 0 Å². The van der Waals surface area contributed by atoms with Gasteiger partial charge in [0.2, 0.25) is 0 Å². The minimum atomic E-state index is 0.610. The standard InChI is InChI=1S/C26H51N2/c1-5-7-9-10-11-12-13-14-15-16-17-18-19-20-22-28-24-23-27(21-8-6-2)26(28)25(3)4/h23-25H,5-22H2,1-4H3/q+1. The van der Waals surface area contributed by atoms with Crippen molar-refractivity contribution in [2.75, 3.05) is 0 Å².